The third-order valence-corrected chi connectivity index (χ3v) is 5.11. The van der Waals surface area contributed by atoms with E-state index < -0.39 is 0 Å². The minimum absolute atomic E-state index is 0. The van der Waals surface area contributed by atoms with Gasteiger partial charge in [0.15, 0.2) is 0 Å². The lowest BCUT2D eigenvalue weighted by molar-refractivity contribution is 0.0949. The summed E-state index contributed by atoms with van der Waals surface area (Å²) < 4.78 is 1.82. The summed E-state index contributed by atoms with van der Waals surface area (Å²) in [5.74, 6) is -0.0383. The third-order valence-electron chi connectivity index (χ3n) is 5.11. The van der Waals surface area contributed by atoms with Gasteiger partial charge in [0.2, 0.25) is 0 Å². The van der Waals surface area contributed by atoms with Gasteiger partial charge in [-0.3, -0.25) is 4.79 Å². The quantitative estimate of drug-likeness (QED) is 0.706. The van der Waals surface area contributed by atoms with Gasteiger partial charge < -0.3 is 15.5 Å². The number of carbonyl (C=O) groups excluding carboxylic acids is 1. The van der Waals surface area contributed by atoms with Crippen molar-refractivity contribution in [1.29, 1.82) is 0 Å². The number of nitrogens with zero attached hydrogens (tertiary/aromatic N) is 3. The number of amides is 1. The number of aryl methyl sites for hydroxylation is 1. The van der Waals surface area contributed by atoms with E-state index in [1.807, 2.05) is 23.0 Å². The smallest absolute Gasteiger partial charge is 0.254 e. The topological polar surface area (TPSA) is 62.2 Å². The first-order valence-corrected chi connectivity index (χ1v) is 10.2. The fourth-order valence-electron chi connectivity index (χ4n) is 3.46. The molecule has 0 saturated carbocycles. The second-order valence-electron chi connectivity index (χ2n) is 8.62. The van der Waals surface area contributed by atoms with Gasteiger partial charge in [-0.25, -0.2) is 4.68 Å². The highest BCUT2D eigenvalue weighted by atomic mass is 35.5. The number of benzene rings is 1. The number of nitrogens with one attached hydrogen (secondary N) is 2. The van der Waals surface area contributed by atoms with Crippen molar-refractivity contribution in [2.24, 2.45) is 0 Å². The Bertz CT molecular complexity index is 789. The molecular formula is C22H34ClN5O. The first kappa shape index (κ1) is 23.4. The number of hydrogen-bond acceptors (Lipinski definition) is 4. The summed E-state index contributed by atoms with van der Waals surface area (Å²) in [4.78, 5) is 15.3. The number of rotatable bonds is 6. The summed E-state index contributed by atoms with van der Waals surface area (Å²) in [7, 11) is 0. The van der Waals surface area contributed by atoms with Crippen molar-refractivity contribution in [3.8, 4) is 5.69 Å². The Morgan fingerprint density at radius 3 is 2.45 bits per heavy atom. The van der Waals surface area contributed by atoms with E-state index in [9.17, 15) is 4.79 Å². The molecule has 0 atom stereocenters. The molecule has 2 aromatic rings. The van der Waals surface area contributed by atoms with Gasteiger partial charge in [-0.15, -0.1) is 12.4 Å². The van der Waals surface area contributed by atoms with Gasteiger partial charge in [0.25, 0.3) is 5.91 Å². The van der Waals surface area contributed by atoms with Crippen molar-refractivity contribution in [3.63, 3.8) is 0 Å². The Morgan fingerprint density at radius 2 is 1.83 bits per heavy atom. The largest absolute Gasteiger partial charge is 0.352 e. The highest BCUT2D eigenvalue weighted by molar-refractivity contribution is 5.95. The first-order valence-electron chi connectivity index (χ1n) is 10.2. The Hall–Kier alpha value is -1.89. The van der Waals surface area contributed by atoms with Crippen LogP contribution in [0.25, 0.3) is 5.69 Å². The van der Waals surface area contributed by atoms with E-state index in [0.29, 0.717) is 12.1 Å². The van der Waals surface area contributed by atoms with Gasteiger partial charge in [0.1, 0.15) is 0 Å². The third kappa shape index (κ3) is 6.29. The molecule has 0 spiro atoms. The van der Waals surface area contributed by atoms with E-state index in [2.05, 4.69) is 55.4 Å². The maximum absolute atomic E-state index is 12.9. The molecule has 1 saturated heterocycles. The molecular weight excluding hydrogens is 386 g/mol. The van der Waals surface area contributed by atoms with Gasteiger partial charge in [-0.05, 0) is 32.0 Å². The minimum atomic E-state index is -0.205. The second kappa shape index (κ2) is 10.2. The van der Waals surface area contributed by atoms with Crippen LogP contribution in [0.1, 0.15) is 48.8 Å². The highest BCUT2D eigenvalue weighted by Crippen LogP contribution is 2.25. The summed E-state index contributed by atoms with van der Waals surface area (Å²) >= 11 is 0. The molecule has 1 fully saturated rings. The Labute approximate surface area is 180 Å². The van der Waals surface area contributed by atoms with Gasteiger partial charge in [0, 0.05) is 44.3 Å². The van der Waals surface area contributed by atoms with Crippen LogP contribution in [-0.4, -0.2) is 59.9 Å². The fourth-order valence-corrected chi connectivity index (χ4v) is 3.46. The molecule has 160 valence electrons. The lowest BCUT2D eigenvalue weighted by Crippen LogP contribution is -2.44. The molecule has 6 nitrogen and oxygen atoms in total. The number of hydrogen-bond donors (Lipinski definition) is 2. The Kier molecular flexibility index (Phi) is 8.25. The number of piperazine rings is 1. The van der Waals surface area contributed by atoms with E-state index in [1.54, 1.807) is 0 Å². The number of carbonyl (C=O) groups is 1. The SMILES string of the molecule is Cc1ccc(-n2cc(C(=O)NCCCN3CCNCC3)c(C(C)(C)C)n2)cc1.Cl. The monoisotopic (exact) mass is 419 g/mol. The summed E-state index contributed by atoms with van der Waals surface area (Å²) in [6.45, 7) is 14.3. The van der Waals surface area contributed by atoms with Crippen molar-refractivity contribution < 1.29 is 4.79 Å². The molecule has 1 amide bonds. The normalized spacial score (nSPS) is 15.0. The van der Waals surface area contributed by atoms with E-state index in [4.69, 9.17) is 5.10 Å². The zero-order chi connectivity index (χ0) is 20.1. The number of halogens is 1. The van der Waals surface area contributed by atoms with E-state index in [0.717, 1.165) is 50.5 Å². The average Bonchev–Trinajstić information content (AvgIpc) is 3.12. The Morgan fingerprint density at radius 1 is 1.17 bits per heavy atom. The zero-order valence-corrected chi connectivity index (χ0v) is 18.8. The van der Waals surface area contributed by atoms with Crippen molar-refractivity contribution in [2.75, 3.05) is 39.3 Å². The summed E-state index contributed by atoms with van der Waals surface area (Å²) in [5, 5.41) is 11.2. The lowest BCUT2D eigenvalue weighted by Gasteiger charge is -2.27. The second-order valence-corrected chi connectivity index (χ2v) is 8.62. The van der Waals surface area contributed by atoms with Crippen molar-refractivity contribution in [2.45, 2.75) is 39.5 Å². The van der Waals surface area contributed by atoms with Crippen molar-refractivity contribution in [1.82, 2.24) is 25.3 Å². The molecule has 0 unspecified atom stereocenters. The molecule has 2 N–H and O–H groups in total. The van der Waals surface area contributed by atoms with Gasteiger partial charge in [-0.1, -0.05) is 38.5 Å². The molecule has 1 aromatic heterocycles. The molecule has 1 aliphatic rings. The molecule has 0 bridgehead atoms. The molecule has 0 aliphatic carbocycles. The van der Waals surface area contributed by atoms with Gasteiger partial charge in [0.05, 0.1) is 16.9 Å². The first-order chi connectivity index (χ1) is 13.3. The fraction of sp³-hybridized carbons (Fsp3) is 0.545. The van der Waals surface area contributed by atoms with Crippen LogP contribution < -0.4 is 10.6 Å². The van der Waals surface area contributed by atoms with Crippen molar-refractivity contribution in [3.05, 3.63) is 47.3 Å². The van der Waals surface area contributed by atoms with Crippen LogP contribution in [0.4, 0.5) is 0 Å². The summed E-state index contributed by atoms with van der Waals surface area (Å²) in [6, 6.07) is 8.18. The molecule has 29 heavy (non-hydrogen) atoms. The van der Waals surface area contributed by atoms with Crippen molar-refractivity contribution >= 4 is 18.3 Å². The summed E-state index contributed by atoms with van der Waals surface area (Å²) in [5.41, 5.74) is 3.45. The summed E-state index contributed by atoms with van der Waals surface area (Å²) in [6.07, 6.45) is 2.82. The van der Waals surface area contributed by atoms with E-state index >= 15 is 0 Å². The molecule has 1 aliphatic heterocycles. The number of aromatic nitrogens is 2. The predicted octanol–water partition coefficient (Wildman–Crippen LogP) is 2.93. The molecule has 0 radical (unpaired) electrons. The minimum Gasteiger partial charge on any atom is -0.352 e. The van der Waals surface area contributed by atoms with Crippen LogP contribution in [0.2, 0.25) is 0 Å². The van der Waals surface area contributed by atoms with E-state index in [1.165, 1.54) is 5.56 Å². The molecule has 1 aromatic carbocycles. The average molecular weight is 420 g/mol. The van der Waals surface area contributed by atoms with Gasteiger partial charge >= 0.3 is 0 Å². The maximum atomic E-state index is 12.9. The maximum Gasteiger partial charge on any atom is 0.254 e. The lowest BCUT2D eigenvalue weighted by atomic mass is 9.89. The molecule has 3 rings (SSSR count). The van der Waals surface area contributed by atoms with Crippen LogP contribution in [0, 0.1) is 6.92 Å². The molecule has 7 heteroatoms. The zero-order valence-electron chi connectivity index (χ0n) is 18.0. The van der Waals surface area contributed by atoms with Crippen LogP contribution in [-0.2, 0) is 5.41 Å². The van der Waals surface area contributed by atoms with Crippen LogP contribution in [0.5, 0.6) is 0 Å². The predicted molar refractivity (Wildman–Crippen MR) is 121 cm³/mol. The standard InChI is InChI=1S/C22H33N5O.ClH/c1-17-6-8-18(9-7-17)27-16-19(20(25-27)22(2,3)4)21(28)24-10-5-13-26-14-11-23-12-15-26;/h6-9,16,23H,5,10-15H2,1-4H3,(H,24,28);1H. The Balaban J connectivity index is 0.00000300. The van der Waals surface area contributed by atoms with Gasteiger partial charge in [-0.2, -0.15) is 5.10 Å². The van der Waals surface area contributed by atoms with Crippen LogP contribution in [0.3, 0.4) is 0 Å². The highest BCUT2D eigenvalue weighted by Gasteiger charge is 2.26. The van der Waals surface area contributed by atoms with Crippen LogP contribution >= 0.6 is 12.4 Å². The van der Waals surface area contributed by atoms with E-state index in [-0.39, 0.29) is 23.7 Å². The van der Waals surface area contributed by atoms with Crippen LogP contribution in [0.15, 0.2) is 30.5 Å². The molecule has 2 heterocycles.